The fourth-order valence-corrected chi connectivity index (χ4v) is 2.11. The third-order valence-corrected chi connectivity index (χ3v) is 3.51. The normalized spacial score (nSPS) is 19.3. The Morgan fingerprint density at radius 2 is 2.37 bits per heavy atom. The van der Waals surface area contributed by atoms with Crippen molar-refractivity contribution in [1.82, 2.24) is 4.90 Å². The van der Waals surface area contributed by atoms with E-state index >= 15 is 0 Å². The predicted octanol–water partition coefficient (Wildman–Crippen LogP) is 2.27. The van der Waals surface area contributed by atoms with Gasteiger partial charge in [-0.25, -0.2) is 0 Å². The molecule has 0 radical (unpaired) electrons. The topological polar surface area (TPSA) is 38.8 Å². The van der Waals surface area contributed by atoms with Gasteiger partial charge in [0, 0.05) is 18.1 Å². The van der Waals surface area contributed by atoms with Gasteiger partial charge in [-0.1, -0.05) is 11.6 Å². The summed E-state index contributed by atoms with van der Waals surface area (Å²) in [7, 11) is 0. The fourth-order valence-electron chi connectivity index (χ4n) is 1.99. The van der Waals surface area contributed by atoms with Gasteiger partial charge < -0.3 is 14.4 Å². The Kier molecular flexibility index (Phi) is 4.66. The van der Waals surface area contributed by atoms with Crippen molar-refractivity contribution < 1.29 is 14.3 Å². The van der Waals surface area contributed by atoms with Gasteiger partial charge in [0.05, 0.1) is 12.7 Å². The van der Waals surface area contributed by atoms with Crippen molar-refractivity contribution in [3.63, 3.8) is 0 Å². The Balaban J connectivity index is 1.87. The molecule has 1 atom stereocenters. The molecule has 4 nitrogen and oxygen atoms in total. The summed E-state index contributed by atoms with van der Waals surface area (Å²) >= 11 is 5.94. The van der Waals surface area contributed by atoms with Gasteiger partial charge in [-0.05, 0) is 37.6 Å². The van der Waals surface area contributed by atoms with Crippen molar-refractivity contribution in [1.29, 1.82) is 0 Å². The van der Waals surface area contributed by atoms with Crippen LogP contribution in [-0.2, 0) is 9.53 Å². The summed E-state index contributed by atoms with van der Waals surface area (Å²) in [4.78, 5) is 13.8. The number of halogens is 1. The van der Waals surface area contributed by atoms with Crippen LogP contribution in [0.1, 0.15) is 12.5 Å². The van der Waals surface area contributed by atoms with Gasteiger partial charge >= 0.3 is 0 Å². The summed E-state index contributed by atoms with van der Waals surface area (Å²) in [6, 6.07) is 5.37. The molecule has 1 aromatic carbocycles. The van der Waals surface area contributed by atoms with E-state index in [9.17, 15) is 4.79 Å². The zero-order chi connectivity index (χ0) is 13.8. The number of carbonyl (C=O) groups excluding carboxylic acids is 1. The highest BCUT2D eigenvalue weighted by Gasteiger charge is 2.21. The molecule has 1 saturated heterocycles. The molecule has 1 unspecified atom stereocenters. The van der Waals surface area contributed by atoms with Crippen LogP contribution in [0.15, 0.2) is 18.2 Å². The number of rotatable bonds is 3. The van der Waals surface area contributed by atoms with Crippen molar-refractivity contribution in [3.05, 3.63) is 28.8 Å². The van der Waals surface area contributed by atoms with Gasteiger partial charge in [-0.3, -0.25) is 4.79 Å². The molecule has 1 aliphatic rings. The first-order valence-electron chi connectivity index (χ1n) is 6.34. The number of hydrogen-bond acceptors (Lipinski definition) is 3. The average Bonchev–Trinajstić information content (AvgIpc) is 2.40. The van der Waals surface area contributed by atoms with Crippen LogP contribution in [0.3, 0.4) is 0 Å². The molecule has 1 aliphatic heterocycles. The SMILES string of the molecule is Cc1cc(OCC(=O)N2CCOC(C)C2)ccc1Cl. The summed E-state index contributed by atoms with van der Waals surface area (Å²) in [5.41, 5.74) is 0.937. The molecule has 0 aromatic heterocycles. The average molecular weight is 284 g/mol. The highest BCUT2D eigenvalue weighted by Crippen LogP contribution is 2.21. The van der Waals surface area contributed by atoms with Gasteiger partial charge in [0.15, 0.2) is 6.61 Å². The minimum atomic E-state index is -0.0113. The van der Waals surface area contributed by atoms with Crippen molar-refractivity contribution >= 4 is 17.5 Å². The molecule has 0 spiro atoms. The van der Waals surface area contributed by atoms with Crippen molar-refractivity contribution in [2.24, 2.45) is 0 Å². The molecule has 2 rings (SSSR count). The first-order valence-corrected chi connectivity index (χ1v) is 6.72. The highest BCUT2D eigenvalue weighted by molar-refractivity contribution is 6.31. The smallest absolute Gasteiger partial charge is 0.260 e. The Bertz CT molecular complexity index is 464. The predicted molar refractivity (Wildman–Crippen MR) is 73.7 cm³/mol. The highest BCUT2D eigenvalue weighted by atomic mass is 35.5. The van der Waals surface area contributed by atoms with Gasteiger partial charge in [-0.15, -0.1) is 0 Å². The number of aryl methyl sites for hydroxylation is 1. The first-order chi connectivity index (χ1) is 9.06. The van der Waals surface area contributed by atoms with E-state index in [-0.39, 0.29) is 18.6 Å². The summed E-state index contributed by atoms with van der Waals surface area (Å²) in [6.45, 7) is 5.76. The Hall–Kier alpha value is -1.26. The Morgan fingerprint density at radius 3 is 3.05 bits per heavy atom. The lowest BCUT2D eigenvalue weighted by molar-refractivity contribution is -0.140. The second-order valence-electron chi connectivity index (χ2n) is 4.72. The van der Waals surface area contributed by atoms with Crippen LogP contribution >= 0.6 is 11.6 Å². The molecule has 1 fully saturated rings. The van der Waals surface area contributed by atoms with Crippen molar-refractivity contribution in [2.45, 2.75) is 20.0 Å². The molecule has 104 valence electrons. The maximum Gasteiger partial charge on any atom is 0.260 e. The second kappa shape index (κ2) is 6.26. The van der Waals surface area contributed by atoms with E-state index in [1.54, 1.807) is 17.0 Å². The fraction of sp³-hybridized carbons (Fsp3) is 0.500. The number of hydrogen-bond donors (Lipinski definition) is 0. The third kappa shape index (κ3) is 3.85. The second-order valence-corrected chi connectivity index (χ2v) is 5.13. The Morgan fingerprint density at radius 1 is 1.58 bits per heavy atom. The molecular weight excluding hydrogens is 266 g/mol. The van der Waals surface area contributed by atoms with Gasteiger partial charge in [0.2, 0.25) is 0 Å². The lowest BCUT2D eigenvalue weighted by atomic mass is 10.2. The molecular formula is C14H18ClNO3. The summed E-state index contributed by atoms with van der Waals surface area (Å²) in [5.74, 6) is 0.652. The molecule has 5 heteroatoms. The molecule has 1 amide bonds. The first kappa shape index (κ1) is 14.2. The summed E-state index contributed by atoms with van der Waals surface area (Å²) in [5, 5.41) is 0.695. The molecule has 0 N–H and O–H groups in total. The van der Waals surface area contributed by atoms with Crippen molar-refractivity contribution in [2.75, 3.05) is 26.3 Å². The zero-order valence-corrected chi connectivity index (χ0v) is 11.9. The number of benzene rings is 1. The van der Waals surface area contributed by atoms with E-state index in [1.807, 2.05) is 19.9 Å². The molecule has 1 heterocycles. The zero-order valence-electron chi connectivity index (χ0n) is 11.2. The minimum Gasteiger partial charge on any atom is -0.484 e. The number of amides is 1. The van der Waals surface area contributed by atoms with Gasteiger partial charge in [0.1, 0.15) is 5.75 Å². The number of ether oxygens (including phenoxy) is 2. The largest absolute Gasteiger partial charge is 0.484 e. The molecule has 0 saturated carbocycles. The van der Waals surface area contributed by atoms with E-state index in [2.05, 4.69) is 0 Å². The van der Waals surface area contributed by atoms with Crippen molar-refractivity contribution in [3.8, 4) is 5.75 Å². The van der Waals surface area contributed by atoms with Crippen LogP contribution in [0.2, 0.25) is 5.02 Å². The van der Waals surface area contributed by atoms with Crippen LogP contribution in [0.25, 0.3) is 0 Å². The van der Waals surface area contributed by atoms with Crippen LogP contribution < -0.4 is 4.74 Å². The Labute approximate surface area is 118 Å². The third-order valence-electron chi connectivity index (χ3n) is 3.09. The molecule has 0 aliphatic carbocycles. The lowest BCUT2D eigenvalue weighted by Gasteiger charge is -2.31. The lowest BCUT2D eigenvalue weighted by Crippen LogP contribution is -2.46. The van der Waals surface area contributed by atoms with Gasteiger partial charge in [-0.2, -0.15) is 0 Å². The van der Waals surface area contributed by atoms with Crippen LogP contribution in [0, 0.1) is 6.92 Å². The van der Waals surface area contributed by atoms with E-state index in [4.69, 9.17) is 21.1 Å². The van der Waals surface area contributed by atoms with E-state index in [0.717, 1.165) is 5.56 Å². The maximum absolute atomic E-state index is 12.0. The van der Waals surface area contributed by atoms with Crippen LogP contribution in [0.5, 0.6) is 5.75 Å². The van der Waals surface area contributed by atoms with E-state index in [0.29, 0.717) is 30.5 Å². The number of nitrogens with zero attached hydrogens (tertiary/aromatic N) is 1. The van der Waals surface area contributed by atoms with Gasteiger partial charge in [0.25, 0.3) is 5.91 Å². The maximum atomic E-state index is 12.0. The summed E-state index contributed by atoms with van der Waals surface area (Å²) in [6.07, 6.45) is 0.0930. The standard InChI is InChI=1S/C14H18ClNO3/c1-10-7-12(3-4-13(10)15)19-9-14(17)16-5-6-18-11(2)8-16/h3-4,7,11H,5-6,8-9H2,1-2H3. The monoisotopic (exact) mass is 283 g/mol. The number of carbonyl (C=O) groups is 1. The van der Waals surface area contributed by atoms with Crippen LogP contribution in [0.4, 0.5) is 0 Å². The quantitative estimate of drug-likeness (QED) is 0.854. The molecule has 19 heavy (non-hydrogen) atoms. The van der Waals surface area contributed by atoms with Crippen LogP contribution in [-0.4, -0.2) is 43.2 Å². The van der Waals surface area contributed by atoms with E-state index in [1.165, 1.54) is 0 Å². The molecule has 0 bridgehead atoms. The molecule has 1 aromatic rings. The summed E-state index contributed by atoms with van der Waals surface area (Å²) < 4.78 is 10.9. The number of morpholine rings is 1. The minimum absolute atomic E-state index is 0.0113. The van der Waals surface area contributed by atoms with E-state index < -0.39 is 0 Å².